The maximum atomic E-state index is 8.39. The summed E-state index contributed by atoms with van der Waals surface area (Å²) < 4.78 is 0. The van der Waals surface area contributed by atoms with Crippen LogP contribution in [0.5, 0.6) is 0 Å². The fourth-order valence-electron chi connectivity index (χ4n) is 1.98. The smallest absolute Gasteiger partial charge is 0.0461 e. The largest absolute Gasteiger partial charge is 0.0902 e. The summed E-state index contributed by atoms with van der Waals surface area (Å²) in [5.74, 6) is 0.607. The zero-order valence-corrected chi connectivity index (χ0v) is 8.24. The zero-order valence-electron chi connectivity index (χ0n) is 8.24. The molecule has 1 aliphatic carbocycles. The summed E-state index contributed by atoms with van der Waals surface area (Å²) in [6.45, 7) is 2.13. The van der Waals surface area contributed by atoms with Crippen molar-refractivity contribution in [2.24, 2.45) is 16.1 Å². The molecule has 76 valence electrons. The van der Waals surface area contributed by atoms with Gasteiger partial charge in [-0.05, 0) is 29.8 Å². The lowest BCUT2D eigenvalue weighted by atomic mass is 9.82. The van der Waals surface area contributed by atoms with Crippen molar-refractivity contribution in [2.45, 2.75) is 44.7 Å². The van der Waals surface area contributed by atoms with Crippen molar-refractivity contribution < 1.29 is 0 Å². The second kappa shape index (κ2) is 5.37. The first-order valence-electron chi connectivity index (χ1n) is 4.90. The number of azide groups is 2. The van der Waals surface area contributed by atoms with Crippen LogP contribution in [0.1, 0.15) is 32.6 Å². The van der Waals surface area contributed by atoms with Crippen molar-refractivity contribution in [1.29, 1.82) is 0 Å². The first-order valence-corrected chi connectivity index (χ1v) is 4.90. The van der Waals surface area contributed by atoms with Gasteiger partial charge in [-0.2, -0.15) is 0 Å². The lowest BCUT2D eigenvalue weighted by Gasteiger charge is -2.30. The molecule has 3 atom stereocenters. The summed E-state index contributed by atoms with van der Waals surface area (Å²) in [5, 5.41) is 7.37. The number of nitrogens with zero attached hydrogens (tertiary/aromatic N) is 6. The van der Waals surface area contributed by atoms with Crippen LogP contribution in [0.2, 0.25) is 0 Å². The quantitative estimate of drug-likeness (QED) is 0.373. The van der Waals surface area contributed by atoms with Gasteiger partial charge in [0.15, 0.2) is 0 Å². The maximum absolute atomic E-state index is 8.39. The molecular formula is C8H14N6. The summed E-state index contributed by atoms with van der Waals surface area (Å²) in [7, 11) is 0. The van der Waals surface area contributed by atoms with Crippen LogP contribution in [0.3, 0.4) is 0 Å². The number of rotatable bonds is 3. The Balaban J connectivity index is 2.69. The van der Waals surface area contributed by atoms with Crippen molar-refractivity contribution in [2.75, 3.05) is 0 Å². The molecule has 1 unspecified atom stereocenters. The zero-order chi connectivity index (χ0) is 10.4. The van der Waals surface area contributed by atoms with Gasteiger partial charge in [-0.1, -0.05) is 30.0 Å². The van der Waals surface area contributed by atoms with Gasteiger partial charge in [0, 0.05) is 21.9 Å². The number of hydrogen-bond acceptors (Lipinski definition) is 2. The van der Waals surface area contributed by atoms with Gasteiger partial charge in [0.2, 0.25) is 0 Å². The summed E-state index contributed by atoms with van der Waals surface area (Å²) in [5.41, 5.74) is 16.7. The first kappa shape index (κ1) is 10.7. The average Bonchev–Trinajstić information content (AvgIpc) is 2.21. The molecule has 0 N–H and O–H groups in total. The van der Waals surface area contributed by atoms with E-state index < -0.39 is 0 Å². The van der Waals surface area contributed by atoms with E-state index in [0.29, 0.717) is 5.92 Å². The molecule has 0 saturated heterocycles. The Morgan fingerprint density at radius 3 is 2.36 bits per heavy atom. The van der Waals surface area contributed by atoms with E-state index in [2.05, 4.69) is 27.0 Å². The lowest BCUT2D eigenvalue weighted by Crippen LogP contribution is -2.30. The molecule has 1 aliphatic rings. The third kappa shape index (κ3) is 2.55. The van der Waals surface area contributed by atoms with E-state index in [1.165, 1.54) is 0 Å². The highest BCUT2D eigenvalue weighted by atomic mass is 15.2. The molecule has 0 heterocycles. The minimum absolute atomic E-state index is 0.140. The summed E-state index contributed by atoms with van der Waals surface area (Å²) >= 11 is 0. The van der Waals surface area contributed by atoms with Crippen LogP contribution in [-0.2, 0) is 0 Å². The summed E-state index contributed by atoms with van der Waals surface area (Å²) in [6, 6.07) is -0.284. The first-order chi connectivity index (χ1) is 6.81. The van der Waals surface area contributed by atoms with Crippen molar-refractivity contribution in [3.63, 3.8) is 0 Å². The topological polar surface area (TPSA) is 97.5 Å². The molecule has 6 nitrogen and oxygen atoms in total. The Kier molecular flexibility index (Phi) is 4.11. The molecule has 0 amide bonds. The van der Waals surface area contributed by atoms with Gasteiger partial charge < -0.3 is 0 Å². The highest BCUT2D eigenvalue weighted by Crippen LogP contribution is 2.30. The second-order valence-corrected chi connectivity index (χ2v) is 3.63. The summed E-state index contributed by atoms with van der Waals surface area (Å²) in [4.78, 5) is 5.59. The fourth-order valence-corrected chi connectivity index (χ4v) is 1.98. The SMILES string of the molecule is CCC1CC[C@@H](N=[N+]=[N-])[C@H](N=[N+]=[N-])C1. The standard InChI is InChI=1S/C8H14N6/c1-2-6-3-4-7(11-13-9)8(5-6)12-14-10/h6-8H,2-5H2,1H3/t6?,7-,8-/m1/s1. The minimum atomic E-state index is -0.144. The van der Waals surface area contributed by atoms with Crippen LogP contribution in [0.15, 0.2) is 10.2 Å². The Bertz CT molecular complexity index is 276. The molecule has 0 spiro atoms. The fraction of sp³-hybridized carbons (Fsp3) is 1.00. The lowest BCUT2D eigenvalue weighted by molar-refractivity contribution is 0.283. The molecule has 1 fully saturated rings. The highest BCUT2D eigenvalue weighted by molar-refractivity contribution is 4.89. The van der Waals surface area contributed by atoms with Gasteiger partial charge in [-0.3, -0.25) is 0 Å². The van der Waals surface area contributed by atoms with E-state index in [1.807, 2.05) is 0 Å². The molecule has 14 heavy (non-hydrogen) atoms. The molecular weight excluding hydrogens is 180 g/mol. The summed E-state index contributed by atoms with van der Waals surface area (Å²) in [6.07, 6.45) is 3.86. The second-order valence-electron chi connectivity index (χ2n) is 3.63. The van der Waals surface area contributed by atoms with Gasteiger partial charge in [-0.15, -0.1) is 0 Å². The van der Waals surface area contributed by atoms with Crippen molar-refractivity contribution in [3.05, 3.63) is 20.9 Å². The van der Waals surface area contributed by atoms with E-state index in [1.54, 1.807) is 0 Å². The van der Waals surface area contributed by atoms with Crippen LogP contribution in [-0.4, -0.2) is 12.1 Å². The molecule has 0 radical (unpaired) electrons. The third-order valence-corrected chi connectivity index (χ3v) is 2.87. The van der Waals surface area contributed by atoms with Crippen molar-refractivity contribution in [1.82, 2.24) is 0 Å². The van der Waals surface area contributed by atoms with Crippen molar-refractivity contribution >= 4 is 0 Å². The Morgan fingerprint density at radius 2 is 1.79 bits per heavy atom. The van der Waals surface area contributed by atoms with Gasteiger partial charge >= 0.3 is 0 Å². The highest BCUT2D eigenvalue weighted by Gasteiger charge is 2.28. The molecule has 0 bridgehead atoms. The molecule has 1 saturated carbocycles. The Morgan fingerprint density at radius 1 is 1.14 bits per heavy atom. The number of hydrogen-bond donors (Lipinski definition) is 0. The van der Waals surface area contributed by atoms with Crippen LogP contribution in [0.4, 0.5) is 0 Å². The third-order valence-electron chi connectivity index (χ3n) is 2.87. The van der Waals surface area contributed by atoms with Gasteiger partial charge in [0.05, 0.1) is 0 Å². The average molecular weight is 194 g/mol. The van der Waals surface area contributed by atoms with Crippen molar-refractivity contribution in [3.8, 4) is 0 Å². The monoisotopic (exact) mass is 194 g/mol. The van der Waals surface area contributed by atoms with E-state index in [4.69, 9.17) is 11.1 Å². The van der Waals surface area contributed by atoms with Gasteiger partial charge in [0.25, 0.3) is 0 Å². The molecule has 6 heteroatoms. The Labute approximate surface area is 82.6 Å². The van der Waals surface area contributed by atoms with E-state index >= 15 is 0 Å². The molecule has 0 aromatic carbocycles. The van der Waals surface area contributed by atoms with E-state index in [-0.39, 0.29) is 12.1 Å². The van der Waals surface area contributed by atoms with Crippen LogP contribution < -0.4 is 0 Å². The van der Waals surface area contributed by atoms with Crippen LogP contribution in [0.25, 0.3) is 20.9 Å². The van der Waals surface area contributed by atoms with Crippen LogP contribution in [0, 0.1) is 5.92 Å². The van der Waals surface area contributed by atoms with E-state index in [0.717, 1.165) is 25.7 Å². The Hall–Kier alpha value is -1.38. The molecule has 0 aromatic heterocycles. The predicted molar refractivity (Wildman–Crippen MR) is 53.5 cm³/mol. The van der Waals surface area contributed by atoms with Crippen LogP contribution >= 0.6 is 0 Å². The van der Waals surface area contributed by atoms with E-state index in [9.17, 15) is 0 Å². The molecule has 0 aromatic rings. The predicted octanol–water partition coefficient (Wildman–Crippen LogP) is 3.55. The van der Waals surface area contributed by atoms with Gasteiger partial charge in [0.1, 0.15) is 0 Å². The normalized spacial score (nSPS) is 31.4. The van der Waals surface area contributed by atoms with Gasteiger partial charge in [-0.25, -0.2) is 0 Å². The molecule has 1 rings (SSSR count). The molecule has 0 aliphatic heterocycles. The minimum Gasteiger partial charge on any atom is -0.0902 e. The maximum Gasteiger partial charge on any atom is 0.0461 e.